The highest BCUT2D eigenvalue weighted by Gasteiger charge is 2.22. The molecular weight excluding hydrogens is 160 g/mol. The van der Waals surface area contributed by atoms with Crippen molar-refractivity contribution in [1.82, 2.24) is 0 Å². The first-order valence-corrected chi connectivity index (χ1v) is 7.73. The van der Waals surface area contributed by atoms with Crippen LogP contribution in [0.1, 0.15) is 27.2 Å². The minimum absolute atomic E-state index is 0.983. The lowest BCUT2D eigenvalue weighted by atomic mass is 10.4. The molecule has 0 aliphatic carbocycles. The van der Waals surface area contributed by atoms with Gasteiger partial charge in [-0.1, -0.05) is 56.8 Å². The standard InChI is InChI=1S/C11H22Si/c1-5-9-10-11-12(6-2,7-3)8-4/h5,10-11H,1,6-9H2,2-4H3/b11-10-. The maximum absolute atomic E-state index is 3.72. The molecule has 70 valence electrons. The Hall–Kier alpha value is -0.303. The van der Waals surface area contributed by atoms with Crippen molar-refractivity contribution >= 4 is 8.07 Å². The molecule has 0 nitrogen and oxygen atoms in total. The topological polar surface area (TPSA) is 0 Å². The summed E-state index contributed by atoms with van der Waals surface area (Å²) in [6.07, 6.45) is 5.31. The van der Waals surface area contributed by atoms with Crippen molar-refractivity contribution in [3.63, 3.8) is 0 Å². The number of rotatable bonds is 6. The van der Waals surface area contributed by atoms with E-state index in [1.807, 2.05) is 6.08 Å². The molecular formula is C11H22Si. The highest BCUT2D eigenvalue weighted by molar-refractivity contribution is 6.84. The Morgan fingerprint density at radius 3 is 1.92 bits per heavy atom. The smallest absolute Gasteiger partial charge is 0.0766 e. The maximum atomic E-state index is 3.72. The maximum Gasteiger partial charge on any atom is 0.0766 e. The van der Waals surface area contributed by atoms with E-state index in [2.05, 4.69) is 39.1 Å². The highest BCUT2D eigenvalue weighted by Crippen LogP contribution is 2.21. The molecule has 0 aromatic heterocycles. The van der Waals surface area contributed by atoms with Gasteiger partial charge in [0.25, 0.3) is 0 Å². The average molecular weight is 182 g/mol. The summed E-state index contributed by atoms with van der Waals surface area (Å²) in [6, 6.07) is 4.15. The molecule has 0 heterocycles. The van der Waals surface area contributed by atoms with Crippen molar-refractivity contribution in [3.8, 4) is 0 Å². The van der Waals surface area contributed by atoms with Gasteiger partial charge in [-0.05, 0) is 6.42 Å². The van der Waals surface area contributed by atoms with Gasteiger partial charge < -0.3 is 0 Å². The zero-order valence-corrected chi connectivity index (χ0v) is 9.77. The average Bonchev–Trinajstić information content (AvgIpc) is 2.14. The summed E-state index contributed by atoms with van der Waals surface area (Å²) < 4.78 is 0. The van der Waals surface area contributed by atoms with Gasteiger partial charge in [-0.3, -0.25) is 0 Å². The fraction of sp³-hybridized carbons (Fsp3) is 0.636. The third-order valence-corrected chi connectivity index (χ3v) is 8.05. The molecule has 0 aliphatic rings. The largest absolute Gasteiger partial charge is 0.103 e. The number of hydrogen-bond donors (Lipinski definition) is 0. The fourth-order valence-electron chi connectivity index (χ4n) is 1.52. The van der Waals surface area contributed by atoms with Crippen LogP contribution in [0.4, 0.5) is 0 Å². The lowest BCUT2D eigenvalue weighted by molar-refractivity contribution is 1.19. The summed E-state index contributed by atoms with van der Waals surface area (Å²) in [6.45, 7) is 10.7. The van der Waals surface area contributed by atoms with Crippen LogP contribution in [0.15, 0.2) is 24.4 Å². The molecule has 1 heteroatoms. The first-order chi connectivity index (χ1) is 5.74. The van der Waals surface area contributed by atoms with Crippen molar-refractivity contribution in [2.75, 3.05) is 0 Å². The SMILES string of the molecule is C=CC/C=C\[Si](CC)(CC)CC. The molecule has 0 atom stereocenters. The van der Waals surface area contributed by atoms with Gasteiger partial charge in [-0.15, -0.1) is 6.58 Å². The van der Waals surface area contributed by atoms with Crippen molar-refractivity contribution in [3.05, 3.63) is 24.4 Å². The van der Waals surface area contributed by atoms with Crippen LogP contribution < -0.4 is 0 Å². The zero-order valence-electron chi connectivity index (χ0n) is 8.77. The lowest BCUT2D eigenvalue weighted by Crippen LogP contribution is -2.28. The third-order valence-electron chi connectivity index (χ3n) is 2.89. The Balaban J connectivity index is 4.18. The van der Waals surface area contributed by atoms with Crippen molar-refractivity contribution in [2.45, 2.75) is 45.3 Å². The van der Waals surface area contributed by atoms with E-state index in [-0.39, 0.29) is 0 Å². The summed E-state index contributed by atoms with van der Waals surface area (Å²) in [4.78, 5) is 0. The van der Waals surface area contributed by atoms with E-state index in [1.54, 1.807) is 0 Å². The van der Waals surface area contributed by atoms with Crippen LogP contribution in [0.25, 0.3) is 0 Å². The summed E-state index contributed by atoms with van der Waals surface area (Å²) in [5.74, 6) is 0. The molecule has 0 aliphatic heterocycles. The Labute approximate surface area is 78.4 Å². The van der Waals surface area contributed by atoms with Crippen LogP contribution in [0.5, 0.6) is 0 Å². The molecule has 0 spiro atoms. The van der Waals surface area contributed by atoms with Crippen LogP contribution in [-0.4, -0.2) is 8.07 Å². The second-order valence-electron chi connectivity index (χ2n) is 3.35. The molecule has 0 rings (SSSR count). The lowest BCUT2D eigenvalue weighted by Gasteiger charge is -2.23. The minimum atomic E-state index is -0.983. The van der Waals surface area contributed by atoms with Gasteiger partial charge in [0.1, 0.15) is 0 Å². The van der Waals surface area contributed by atoms with E-state index in [1.165, 1.54) is 18.1 Å². The number of hydrogen-bond acceptors (Lipinski definition) is 0. The Morgan fingerprint density at radius 2 is 1.58 bits per heavy atom. The van der Waals surface area contributed by atoms with Gasteiger partial charge in [0.15, 0.2) is 0 Å². The van der Waals surface area contributed by atoms with E-state index in [0.717, 1.165) is 6.42 Å². The van der Waals surface area contributed by atoms with Gasteiger partial charge in [-0.2, -0.15) is 0 Å². The zero-order chi connectivity index (χ0) is 9.45. The van der Waals surface area contributed by atoms with Crippen LogP contribution in [0.2, 0.25) is 18.1 Å². The summed E-state index contributed by atoms with van der Waals surface area (Å²) >= 11 is 0. The van der Waals surface area contributed by atoms with E-state index in [9.17, 15) is 0 Å². The van der Waals surface area contributed by atoms with E-state index < -0.39 is 8.07 Å². The highest BCUT2D eigenvalue weighted by atomic mass is 28.3. The van der Waals surface area contributed by atoms with E-state index in [4.69, 9.17) is 0 Å². The quantitative estimate of drug-likeness (QED) is 0.427. The Kier molecular flexibility index (Phi) is 6.08. The summed E-state index contributed by atoms with van der Waals surface area (Å²) in [5, 5.41) is 0. The van der Waals surface area contributed by atoms with Crippen LogP contribution in [-0.2, 0) is 0 Å². The first kappa shape index (κ1) is 11.7. The molecule has 0 saturated carbocycles. The van der Waals surface area contributed by atoms with Gasteiger partial charge in [0.2, 0.25) is 0 Å². The summed E-state index contributed by atoms with van der Waals surface area (Å²) in [5.41, 5.74) is 2.51. The summed E-state index contributed by atoms with van der Waals surface area (Å²) in [7, 11) is -0.983. The van der Waals surface area contributed by atoms with Crippen molar-refractivity contribution in [2.24, 2.45) is 0 Å². The molecule has 0 saturated heterocycles. The van der Waals surface area contributed by atoms with Gasteiger partial charge >= 0.3 is 0 Å². The molecule has 0 bridgehead atoms. The minimum Gasteiger partial charge on any atom is -0.103 e. The van der Waals surface area contributed by atoms with Crippen molar-refractivity contribution in [1.29, 1.82) is 0 Å². The van der Waals surface area contributed by atoms with Crippen LogP contribution in [0.3, 0.4) is 0 Å². The molecule has 0 fully saturated rings. The third kappa shape index (κ3) is 3.40. The molecule has 12 heavy (non-hydrogen) atoms. The van der Waals surface area contributed by atoms with E-state index in [0.29, 0.717) is 0 Å². The predicted molar refractivity (Wildman–Crippen MR) is 61.2 cm³/mol. The second-order valence-corrected chi connectivity index (χ2v) is 8.53. The van der Waals surface area contributed by atoms with Gasteiger partial charge in [-0.25, -0.2) is 0 Å². The normalized spacial score (nSPS) is 12.2. The van der Waals surface area contributed by atoms with Crippen LogP contribution in [0, 0.1) is 0 Å². The molecule has 0 unspecified atom stereocenters. The molecule has 0 amide bonds. The van der Waals surface area contributed by atoms with Crippen LogP contribution >= 0.6 is 0 Å². The Bertz CT molecular complexity index is 135. The molecule has 0 aromatic rings. The van der Waals surface area contributed by atoms with Crippen molar-refractivity contribution < 1.29 is 0 Å². The predicted octanol–water partition coefficient (Wildman–Crippen LogP) is 4.17. The first-order valence-electron chi connectivity index (χ1n) is 5.03. The monoisotopic (exact) mass is 182 g/mol. The molecule has 0 aromatic carbocycles. The number of allylic oxidation sites excluding steroid dienone is 2. The Morgan fingerprint density at radius 1 is 1.08 bits per heavy atom. The van der Waals surface area contributed by atoms with Gasteiger partial charge in [0, 0.05) is 0 Å². The van der Waals surface area contributed by atoms with E-state index >= 15 is 0 Å². The van der Waals surface area contributed by atoms with Gasteiger partial charge in [0.05, 0.1) is 8.07 Å². The molecule has 0 radical (unpaired) electrons. The second kappa shape index (κ2) is 6.24. The molecule has 0 N–H and O–H groups in total. The fourth-order valence-corrected chi connectivity index (χ4v) is 4.36.